The lowest BCUT2D eigenvalue weighted by Crippen LogP contribution is -2.20. The van der Waals surface area contributed by atoms with E-state index in [1.165, 1.54) is 6.07 Å². The number of ether oxygens (including phenoxy) is 1. The summed E-state index contributed by atoms with van der Waals surface area (Å²) in [5.74, 6) is 0.346. The van der Waals surface area contributed by atoms with Crippen molar-refractivity contribution in [2.24, 2.45) is 0 Å². The summed E-state index contributed by atoms with van der Waals surface area (Å²) in [4.78, 5) is 13.8. The third kappa shape index (κ3) is 5.51. The minimum absolute atomic E-state index is 0.112. The second kappa shape index (κ2) is 6.32. The highest BCUT2D eigenvalue weighted by Gasteiger charge is 2.27. The van der Waals surface area contributed by atoms with E-state index in [1.807, 2.05) is 0 Å². The van der Waals surface area contributed by atoms with Gasteiger partial charge in [0, 0.05) is 12.1 Å². The zero-order valence-corrected chi connectivity index (χ0v) is 10.0. The molecule has 0 saturated heterocycles. The van der Waals surface area contributed by atoms with E-state index in [-0.39, 0.29) is 18.8 Å². The van der Waals surface area contributed by atoms with Crippen molar-refractivity contribution in [3.63, 3.8) is 0 Å². The number of aryl methyl sites for hydroxylation is 1. The Morgan fingerprint density at radius 3 is 2.74 bits per heavy atom. The summed E-state index contributed by atoms with van der Waals surface area (Å²) in [5, 5.41) is 13.3. The van der Waals surface area contributed by atoms with Gasteiger partial charge in [0.2, 0.25) is 0 Å². The second-order valence-corrected chi connectivity index (χ2v) is 3.71. The molecule has 0 saturated carbocycles. The molecule has 106 valence electrons. The van der Waals surface area contributed by atoms with Crippen LogP contribution < -0.4 is 5.32 Å². The van der Waals surface area contributed by atoms with Gasteiger partial charge < -0.3 is 10.1 Å². The van der Waals surface area contributed by atoms with Crippen LogP contribution in [0.15, 0.2) is 12.3 Å². The Balaban J connectivity index is 2.38. The third-order valence-corrected chi connectivity index (χ3v) is 2.10. The first-order chi connectivity index (χ1) is 8.79. The molecule has 1 aromatic rings. The maximum absolute atomic E-state index is 11.8. The van der Waals surface area contributed by atoms with E-state index in [9.17, 15) is 23.3 Å². The Bertz CT molecular complexity index is 451. The summed E-state index contributed by atoms with van der Waals surface area (Å²) in [6.45, 7) is 0.226. The minimum atomic E-state index is -4.35. The van der Waals surface area contributed by atoms with Crippen LogP contribution in [0.4, 0.5) is 24.7 Å². The first kappa shape index (κ1) is 15.2. The van der Waals surface area contributed by atoms with Crippen LogP contribution in [0.3, 0.4) is 0 Å². The molecule has 6 nitrogen and oxygen atoms in total. The molecule has 1 aromatic heterocycles. The highest BCUT2D eigenvalue weighted by Crippen LogP contribution is 2.18. The Morgan fingerprint density at radius 2 is 2.21 bits per heavy atom. The number of nitrogens with one attached hydrogen (secondary N) is 1. The maximum atomic E-state index is 11.8. The first-order valence-electron chi connectivity index (χ1n) is 5.29. The molecule has 0 aromatic carbocycles. The lowest BCUT2D eigenvalue weighted by molar-refractivity contribution is -0.385. The molecule has 0 atom stereocenters. The lowest BCUT2D eigenvalue weighted by atomic mass is 10.2. The van der Waals surface area contributed by atoms with Crippen LogP contribution in [-0.2, 0) is 4.74 Å². The number of hydrogen-bond donors (Lipinski definition) is 1. The predicted octanol–water partition coefficient (Wildman–Crippen LogP) is 2.29. The number of hydrogen-bond acceptors (Lipinski definition) is 5. The van der Waals surface area contributed by atoms with Crippen molar-refractivity contribution >= 4 is 11.5 Å². The largest absolute Gasteiger partial charge is 0.411 e. The van der Waals surface area contributed by atoms with Crippen molar-refractivity contribution in [3.05, 3.63) is 27.9 Å². The zero-order valence-electron chi connectivity index (χ0n) is 10.0. The number of aromatic nitrogens is 1. The molecule has 1 N–H and O–H groups in total. The van der Waals surface area contributed by atoms with Crippen molar-refractivity contribution in [2.45, 2.75) is 13.1 Å². The zero-order chi connectivity index (χ0) is 14.5. The summed E-state index contributed by atoms with van der Waals surface area (Å²) >= 11 is 0. The average molecular weight is 279 g/mol. The molecule has 9 heteroatoms. The molecule has 0 unspecified atom stereocenters. The molecular weight excluding hydrogens is 267 g/mol. The van der Waals surface area contributed by atoms with Gasteiger partial charge in [-0.25, -0.2) is 4.98 Å². The van der Waals surface area contributed by atoms with Crippen LogP contribution in [-0.4, -0.2) is 35.8 Å². The van der Waals surface area contributed by atoms with Gasteiger partial charge in [-0.2, -0.15) is 13.2 Å². The van der Waals surface area contributed by atoms with Crippen molar-refractivity contribution in [2.75, 3.05) is 25.1 Å². The molecule has 0 spiro atoms. The minimum Gasteiger partial charge on any atom is -0.370 e. The van der Waals surface area contributed by atoms with Gasteiger partial charge in [-0.3, -0.25) is 10.1 Å². The Morgan fingerprint density at radius 1 is 1.53 bits per heavy atom. The van der Waals surface area contributed by atoms with E-state index in [0.29, 0.717) is 11.4 Å². The summed E-state index contributed by atoms with van der Waals surface area (Å²) in [5.41, 5.74) is 0.303. The SMILES string of the molecule is Cc1cc(NCCOCC(F)(F)F)ncc1[N+](=O)[O-]. The summed E-state index contributed by atoms with van der Waals surface area (Å²) in [6.07, 6.45) is -3.25. The number of alkyl halides is 3. The molecule has 0 aliphatic heterocycles. The molecule has 0 fully saturated rings. The quantitative estimate of drug-likeness (QED) is 0.491. The highest BCUT2D eigenvalue weighted by atomic mass is 19.4. The number of nitro groups is 1. The van der Waals surface area contributed by atoms with E-state index in [4.69, 9.17) is 0 Å². The van der Waals surface area contributed by atoms with E-state index >= 15 is 0 Å². The van der Waals surface area contributed by atoms with Gasteiger partial charge >= 0.3 is 6.18 Å². The summed E-state index contributed by atoms with van der Waals surface area (Å²) < 4.78 is 39.7. The van der Waals surface area contributed by atoms with Gasteiger partial charge in [-0.15, -0.1) is 0 Å². The molecule has 19 heavy (non-hydrogen) atoms. The van der Waals surface area contributed by atoms with Gasteiger partial charge in [0.1, 0.15) is 18.6 Å². The van der Waals surface area contributed by atoms with Crippen LogP contribution in [0, 0.1) is 17.0 Å². The Hall–Kier alpha value is -1.90. The number of nitrogens with zero attached hydrogens (tertiary/aromatic N) is 2. The molecule has 0 amide bonds. The fourth-order valence-electron chi connectivity index (χ4n) is 1.28. The van der Waals surface area contributed by atoms with Crippen LogP contribution in [0.1, 0.15) is 5.56 Å². The fraction of sp³-hybridized carbons (Fsp3) is 0.500. The van der Waals surface area contributed by atoms with Crippen LogP contribution >= 0.6 is 0 Å². The molecule has 0 bridgehead atoms. The van der Waals surface area contributed by atoms with Crippen molar-refractivity contribution in [3.8, 4) is 0 Å². The van der Waals surface area contributed by atoms with Crippen molar-refractivity contribution < 1.29 is 22.8 Å². The molecule has 1 heterocycles. The van der Waals surface area contributed by atoms with Gasteiger partial charge in [0.05, 0.1) is 11.5 Å². The predicted molar refractivity (Wildman–Crippen MR) is 61.0 cm³/mol. The molecule has 0 aliphatic carbocycles. The molecular formula is C10H12F3N3O3. The number of anilines is 1. The second-order valence-electron chi connectivity index (χ2n) is 3.71. The fourth-order valence-corrected chi connectivity index (χ4v) is 1.28. The molecule has 0 aliphatic rings. The van der Waals surface area contributed by atoms with Gasteiger partial charge in [-0.1, -0.05) is 0 Å². The third-order valence-electron chi connectivity index (χ3n) is 2.10. The summed E-state index contributed by atoms with van der Waals surface area (Å²) in [6, 6.07) is 1.45. The van der Waals surface area contributed by atoms with Gasteiger partial charge in [-0.05, 0) is 13.0 Å². The van der Waals surface area contributed by atoms with E-state index < -0.39 is 17.7 Å². The average Bonchev–Trinajstić information content (AvgIpc) is 2.26. The van der Waals surface area contributed by atoms with Crippen LogP contribution in [0.25, 0.3) is 0 Å². The Labute approximate surface area is 106 Å². The maximum Gasteiger partial charge on any atom is 0.411 e. The molecule has 1 rings (SSSR count). The Kier molecular flexibility index (Phi) is 5.04. The highest BCUT2D eigenvalue weighted by molar-refractivity contribution is 5.46. The smallest absolute Gasteiger partial charge is 0.370 e. The number of pyridine rings is 1. The first-order valence-corrected chi connectivity index (χ1v) is 5.29. The van der Waals surface area contributed by atoms with Crippen molar-refractivity contribution in [1.82, 2.24) is 4.98 Å². The standard InChI is InChI=1S/C10H12F3N3O3/c1-7-4-9(15-5-8(7)16(17)18)14-2-3-19-6-10(11,12)13/h4-5H,2-3,6H2,1H3,(H,14,15). The van der Waals surface area contributed by atoms with Crippen LogP contribution in [0.5, 0.6) is 0 Å². The number of halogens is 3. The summed E-state index contributed by atoms with van der Waals surface area (Å²) in [7, 11) is 0. The van der Waals surface area contributed by atoms with Gasteiger partial charge in [0.25, 0.3) is 5.69 Å². The van der Waals surface area contributed by atoms with Gasteiger partial charge in [0.15, 0.2) is 0 Å². The molecule has 0 radical (unpaired) electrons. The topological polar surface area (TPSA) is 77.3 Å². The van der Waals surface area contributed by atoms with Crippen LogP contribution in [0.2, 0.25) is 0 Å². The lowest BCUT2D eigenvalue weighted by Gasteiger charge is -2.09. The van der Waals surface area contributed by atoms with Crippen molar-refractivity contribution in [1.29, 1.82) is 0 Å². The monoisotopic (exact) mass is 279 g/mol. The van der Waals surface area contributed by atoms with E-state index in [0.717, 1.165) is 6.20 Å². The number of rotatable bonds is 6. The van der Waals surface area contributed by atoms with E-state index in [1.54, 1.807) is 6.92 Å². The normalized spacial score (nSPS) is 11.4. The van der Waals surface area contributed by atoms with E-state index in [2.05, 4.69) is 15.0 Å².